The number of benzene rings is 1. The molecule has 1 heterocycles. The van der Waals surface area contributed by atoms with E-state index < -0.39 is 16.4 Å². The van der Waals surface area contributed by atoms with Gasteiger partial charge in [0.15, 0.2) is 0 Å². The van der Waals surface area contributed by atoms with Gasteiger partial charge in [-0.3, -0.25) is 14.8 Å². The molecule has 0 atom stereocenters. The molecule has 0 saturated heterocycles. The highest BCUT2D eigenvalue weighted by Gasteiger charge is 2.18. The van der Waals surface area contributed by atoms with Crippen LogP contribution in [0.5, 0.6) is 5.75 Å². The Kier molecular flexibility index (Phi) is 3.66. The van der Waals surface area contributed by atoms with E-state index in [1.54, 1.807) is 24.1 Å². The number of aromatic nitrogens is 2. The molecule has 0 unspecified atom stereocenters. The highest BCUT2D eigenvalue weighted by molar-refractivity contribution is 6.32. The minimum Gasteiger partial charge on any atom is -0.487 e. The van der Waals surface area contributed by atoms with Crippen LogP contribution < -0.4 is 4.74 Å². The number of hydrogen-bond donors (Lipinski definition) is 0. The van der Waals surface area contributed by atoms with Crippen molar-refractivity contribution in [2.75, 3.05) is 0 Å². The quantitative estimate of drug-likeness (QED) is 0.640. The Labute approximate surface area is 112 Å². The summed E-state index contributed by atoms with van der Waals surface area (Å²) in [5.41, 5.74) is 0.0936. The number of ether oxygens (including phenoxy) is 1. The molecule has 0 radical (unpaired) electrons. The van der Waals surface area contributed by atoms with Crippen LogP contribution in [0.25, 0.3) is 0 Å². The van der Waals surface area contributed by atoms with Gasteiger partial charge in [0.2, 0.25) is 5.82 Å². The summed E-state index contributed by atoms with van der Waals surface area (Å²) in [7, 11) is 1.75. The Hall–Kier alpha value is -2.15. The zero-order valence-corrected chi connectivity index (χ0v) is 10.6. The Morgan fingerprint density at radius 3 is 2.89 bits per heavy atom. The van der Waals surface area contributed by atoms with Gasteiger partial charge in [0.05, 0.1) is 16.1 Å². The van der Waals surface area contributed by atoms with Crippen LogP contribution in [0, 0.1) is 15.9 Å². The summed E-state index contributed by atoms with van der Waals surface area (Å²) in [5, 5.41) is 14.5. The van der Waals surface area contributed by atoms with Crippen molar-refractivity contribution in [2.45, 2.75) is 6.61 Å². The van der Waals surface area contributed by atoms with Crippen molar-refractivity contribution in [2.24, 2.45) is 7.05 Å². The van der Waals surface area contributed by atoms with Crippen LogP contribution in [-0.2, 0) is 13.7 Å². The summed E-state index contributed by atoms with van der Waals surface area (Å²) in [5.74, 6) is -0.941. The lowest BCUT2D eigenvalue weighted by Gasteiger charge is -2.07. The summed E-state index contributed by atoms with van der Waals surface area (Å²) in [6.07, 6.45) is 3.32. The van der Waals surface area contributed by atoms with Crippen molar-refractivity contribution in [1.82, 2.24) is 9.78 Å². The second-order valence-corrected chi connectivity index (χ2v) is 4.21. The summed E-state index contributed by atoms with van der Waals surface area (Å²) in [4.78, 5) is 9.68. The third-order valence-corrected chi connectivity index (χ3v) is 2.65. The molecule has 0 N–H and O–H groups in total. The van der Waals surface area contributed by atoms with Crippen LogP contribution in [0.2, 0.25) is 5.02 Å². The maximum Gasteiger partial charge on any atom is 0.306 e. The molecule has 8 heteroatoms. The van der Waals surface area contributed by atoms with Gasteiger partial charge in [0, 0.05) is 30.9 Å². The van der Waals surface area contributed by atoms with Gasteiger partial charge in [0.1, 0.15) is 12.4 Å². The Bertz CT molecular complexity index is 630. The lowest BCUT2D eigenvalue weighted by Crippen LogP contribution is -1.98. The first-order valence-corrected chi connectivity index (χ1v) is 5.59. The van der Waals surface area contributed by atoms with Crippen LogP contribution in [0.4, 0.5) is 10.1 Å². The van der Waals surface area contributed by atoms with Crippen molar-refractivity contribution in [3.63, 3.8) is 0 Å². The molecule has 2 rings (SSSR count). The third kappa shape index (κ3) is 3.00. The van der Waals surface area contributed by atoms with Gasteiger partial charge in [-0.25, -0.2) is 0 Å². The van der Waals surface area contributed by atoms with Crippen LogP contribution in [0.15, 0.2) is 24.5 Å². The van der Waals surface area contributed by atoms with Crippen molar-refractivity contribution in [1.29, 1.82) is 0 Å². The molecule has 0 spiro atoms. The molecule has 0 amide bonds. The predicted molar refractivity (Wildman–Crippen MR) is 65.6 cm³/mol. The van der Waals surface area contributed by atoms with Gasteiger partial charge < -0.3 is 4.74 Å². The van der Waals surface area contributed by atoms with E-state index in [-0.39, 0.29) is 17.4 Å². The van der Waals surface area contributed by atoms with E-state index in [9.17, 15) is 14.5 Å². The molecule has 19 heavy (non-hydrogen) atoms. The van der Waals surface area contributed by atoms with Gasteiger partial charge in [-0.1, -0.05) is 11.6 Å². The Morgan fingerprint density at radius 1 is 1.58 bits per heavy atom. The molecule has 0 fully saturated rings. The third-order valence-electron chi connectivity index (χ3n) is 2.35. The van der Waals surface area contributed by atoms with Crippen LogP contribution in [0.3, 0.4) is 0 Å². The Balaban J connectivity index is 2.17. The van der Waals surface area contributed by atoms with Crippen LogP contribution >= 0.6 is 11.6 Å². The molecule has 0 aliphatic rings. The number of rotatable bonds is 4. The lowest BCUT2D eigenvalue weighted by molar-refractivity contribution is -0.387. The molecule has 0 aliphatic heterocycles. The molecule has 2 aromatic rings. The minimum absolute atomic E-state index is 0.0167. The van der Waals surface area contributed by atoms with E-state index >= 15 is 0 Å². The first-order chi connectivity index (χ1) is 8.97. The molecule has 6 nitrogen and oxygen atoms in total. The first-order valence-electron chi connectivity index (χ1n) is 5.21. The van der Waals surface area contributed by atoms with Crippen molar-refractivity contribution in [3.8, 4) is 5.75 Å². The van der Waals surface area contributed by atoms with E-state index in [1.165, 1.54) is 0 Å². The number of nitrogens with zero attached hydrogens (tertiary/aromatic N) is 3. The average molecular weight is 286 g/mol. The zero-order valence-electron chi connectivity index (χ0n) is 9.84. The fourth-order valence-corrected chi connectivity index (χ4v) is 1.69. The standard InChI is InChI=1S/C11H9ClFN3O3/c1-15-5-7(4-14-15)6-19-11-3-9(13)10(16(17)18)2-8(11)12/h2-5H,6H2,1H3. The molecular weight excluding hydrogens is 277 g/mol. The number of aryl methyl sites for hydroxylation is 1. The van der Waals surface area contributed by atoms with Crippen molar-refractivity contribution < 1.29 is 14.1 Å². The number of hydrogen-bond acceptors (Lipinski definition) is 4. The average Bonchev–Trinajstić information content (AvgIpc) is 2.75. The maximum atomic E-state index is 13.4. The molecule has 0 saturated carbocycles. The smallest absolute Gasteiger partial charge is 0.306 e. The van der Waals surface area contributed by atoms with Gasteiger partial charge in [-0.2, -0.15) is 9.49 Å². The summed E-state index contributed by atoms with van der Waals surface area (Å²) >= 11 is 5.80. The highest BCUT2D eigenvalue weighted by atomic mass is 35.5. The van der Waals surface area contributed by atoms with Crippen molar-refractivity contribution in [3.05, 3.63) is 51.0 Å². The molecule has 1 aromatic carbocycles. The zero-order chi connectivity index (χ0) is 14.0. The van der Waals surface area contributed by atoms with Crippen molar-refractivity contribution >= 4 is 17.3 Å². The molecule has 0 bridgehead atoms. The van der Waals surface area contributed by atoms with E-state index in [0.29, 0.717) is 0 Å². The highest BCUT2D eigenvalue weighted by Crippen LogP contribution is 2.31. The normalized spacial score (nSPS) is 10.5. The lowest BCUT2D eigenvalue weighted by atomic mass is 10.3. The fourth-order valence-electron chi connectivity index (χ4n) is 1.48. The molecule has 100 valence electrons. The van der Waals surface area contributed by atoms with Gasteiger partial charge >= 0.3 is 5.69 Å². The number of nitro groups is 1. The summed E-state index contributed by atoms with van der Waals surface area (Å²) < 4.78 is 20.3. The monoisotopic (exact) mass is 285 g/mol. The van der Waals surface area contributed by atoms with E-state index in [0.717, 1.165) is 17.7 Å². The maximum absolute atomic E-state index is 13.4. The molecule has 1 aromatic heterocycles. The van der Waals surface area contributed by atoms with Crippen LogP contribution in [0.1, 0.15) is 5.56 Å². The SMILES string of the molecule is Cn1cc(COc2cc(F)c([N+](=O)[O-])cc2Cl)cn1. The van der Waals surface area contributed by atoms with Gasteiger partial charge in [-0.15, -0.1) is 0 Å². The van der Waals surface area contributed by atoms with Crippen LogP contribution in [-0.4, -0.2) is 14.7 Å². The summed E-state index contributed by atoms with van der Waals surface area (Å²) in [6.45, 7) is 0.144. The van der Waals surface area contributed by atoms with E-state index in [4.69, 9.17) is 16.3 Å². The number of halogens is 2. The second-order valence-electron chi connectivity index (χ2n) is 3.80. The Morgan fingerprint density at radius 2 is 2.32 bits per heavy atom. The predicted octanol–water partition coefficient (Wildman–Crippen LogP) is 2.70. The number of nitro benzene ring substituents is 1. The summed E-state index contributed by atoms with van der Waals surface area (Å²) in [6, 6.07) is 1.83. The van der Waals surface area contributed by atoms with E-state index in [2.05, 4.69) is 5.10 Å². The van der Waals surface area contributed by atoms with Gasteiger partial charge in [0.25, 0.3) is 0 Å². The van der Waals surface area contributed by atoms with E-state index in [1.807, 2.05) is 0 Å². The minimum atomic E-state index is -0.990. The fraction of sp³-hybridized carbons (Fsp3) is 0.182. The molecular formula is C11H9ClFN3O3. The largest absolute Gasteiger partial charge is 0.487 e. The topological polar surface area (TPSA) is 70.2 Å². The first kappa shape index (κ1) is 13.3. The second kappa shape index (κ2) is 5.23. The van der Waals surface area contributed by atoms with Gasteiger partial charge in [-0.05, 0) is 0 Å². The molecule has 0 aliphatic carbocycles.